The maximum absolute atomic E-state index is 12.6. The van der Waals surface area contributed by atoms with E-state index in [-0.39, 0.29) is 12.0 Å². The molecule has 1 amide bonds. The van der Waals surface area contributed by atoms with Crippen LogP contribution >= 0.6 is 0 Å². The van der Waals surface area contributed by atoms with E-state index in [0.717, 1.165) is 19.4 Å². The van der Waals surface area contributed by atoms with Crippen molar-refractivity contribution in [2.45, 2.75) is 38.5 Å². The molecular formula is C16H22N2O2. The van der Waals surface area contributed by atoms with Crippen molar-refractivity contribution in [2.75, 3.05) is 19.7 Å². The monoisotopic (exact) mass is 274 g/mol. The first kappa shape index (κ1) is 13.6. The van der Waals surface area contributed by atoms with Crippen LogP contribution in [0.25, 0.3) is 0 Å². The van der Waals surface area contributed by atoms with Gasteiger partial charge in [-0.15, -0.1) is 0 Å². The second-order valence-corrected chi connectivity index (χ2v) is 5.75. The van der Waals surface area contributed by atoms with Crippen molar-refractivity contribution in [1.29, 1.82) is 0 Å². The normalized spacial score (nSPS) is 22.6. The van der Waals surface area contributed by atoms with Gasteiger partial charge in [0.15, 0.2) is 0 Å². The predicted molar refractivity (Wildman–Crippen MR) is 77.4 cm³/mol. The highest BCUT2D eigenvalue weighted by atomic mass is 16.5. The zero-order valence-corrected chi connectivity index (χ0v) is 12.0. The van der Waals surface area contributed by atoms with E-state index in [1.165, 1.54) is 11.1 Å². The van der Waals surface area contributed by atoms with Crippen LogP contribution in [-0.2, 0) is 16.1 Å². The molecule has 1 atom stereocenters. The summed E-state index contributed by atoms with van der Waals surface area (Å²) in [5.74, 6) is 0.139. The van der Waals surface area contributed by atoms with Crippen LogP contribution in [0.3, 0.4) is 0 Å². The lowest BCUT2D eigenvalue weighted by atomic mass is 10.1. The minimum atomic E-state index is -0.310. The molecule has 0 spiro atoms. The summed E-state index contributed by atoms with van der Waals surface area (Å²) in [7, 11) is 0. The number of hydrogen-bond acceptors (Lipinski definition) is 3. The molecule has 1 heterocycles. The lowest BCUT2D eigenvalue weighted by Crippen LogP contribution is -2.49. The van der Waals surface area contributed by atoms with Crippen molar-refractivity contribution in [3.8, 4) is 0 Å². The van der Waals surface area contributed by atoms with Crippen LogP contribution < -0.4 is 5.32 Å². The van der Waals surface area contributed by atoms with Crippen molar-refractivity contribution in [3.05, 3.63) is 35.4 Å². The second-order valence-electron chi connectivity index (χ2n) is 5.75. The Hall–Kier alpha value is -1.39. The Labute approximate surface area is 120 Å². The summed E-state index contributed by atoms with van der Waals surface area (Å²) in [4.78, 5) is 14.6. The minimum Gasteiger partial charge on any atom is -0.366 e. The Morgan fingerprint density at radius 1 is 1.35 bits per heavy atom. The molecule has 1 unspecified atom stereocenters. The number of nitrogens with zero attached hydrogens (tertiary/aromatic N) is 1. The van der Waals surface area contributed by atoms with Gasteiger partial charge in [-0.2, -0.15) is 0 Å². The number of carbonyl (C=O) groups excluding carboxylic acids is 1. The van der Waals surface area contributed by atoms with Gasteiger partial charge >= 0.3 is 0 Å². The standard InChI is InChI=1S/C16H22N2O2/c1-12-2-4-13(5-3-12)11-18(14-6-7-14)16(19)15-10-17-8-9-20-15/h2-5,14-15,17H,6-11H2,1H3. The number of morpholine rings is 1. The van der Waals surface area contributed by atoms with Crippen LogP contribution in [0.5, 0.6) is 0 Å². The minimum absolute atomic E-state index is 0.139. The zero-order chi connectivity index (χ0) is 13.9. The van der Waals surface area contributed by atoms with E-state index in [0.29, 0.717) is 25.7 Å². The second kappa shape index (κ2) is 5.94. The van der Waals surface area contributed by atoms with E-state index in [9.17, 15) is 4.79 Å². The maximum Gasteiger partial charge on any atom is 0.253 e. The highest BCUT2D eigenvalue weighted by molar-refractivity contribution is 5.82. The first-order valence-corrected chi connectivity index (χ1v) is 7.42. The lowest BCUT2D eigenvalue weighted by molar-refractivity contribution is -0.146. The van der Waals surface area contributed by atoms with Crippen LogP contribution in [0, 0.1) is 6.92 Å². The lowest BCUT2D eigenvalue weighted by Gasteiger charge is -2.30. The summed E-state index contributed by atoms with van der Waals surface area (Å²) in [6.45, 7) is 4.87. The first-order chi connectivity index (χ1) is 9.74. The van der Waals surface area contributed by atoms with Gasteiger partial charge in [-0.3, -0.25) is 4.79 Å². The van der Waals surface area contributed by atoms with E-state index >= 15 is 0 Å². The fraction of sp³-hybridized carbons (Fsp3) is 0.562. The fourth-order valence-electron chi connectivity index (χ4n) is 2.57. The quantitative estimate of drug-likeness (QED) is 0.904. The van der Waals surface area contributed by atoms with Crippen LogP contribution in [0.4, 0.5) is 0 Å². The third kappa shape index (κ3) is 3.19. The van der Waals surface area contributed by atoms with E-state index < -0.39 is 0 Å². The van der Waals surface area contributed by atoms with E-state index in [1.807, 2.05) is 4.90 Å². The molecule has 4 heteroatoms. The predicted octanol–water partition coefficient (Wildman–Crippen LogP) is 1.47. The molecule has 2 fully saturated rings. The Morgan fingerprint density at radius 2 is 2.10 bits per heavy atom. The Morgan fingerprint density at radius 3 is 2.70 bits per heavy atom. The third-order valence-corrected chi connectivity index (χ3v) is 3.95. The number of amides is 1. The molecule has 1 saturated carbocycles. The Bertz CT molecular complexity index is 462. The van der Waals surface area contributed by atoms with Gasteiger partial charge in [0.25, 0.3) is 5.91 Å². The van der Waals surface area contributed by atoms with Crippen molar-refractivity contribution >= 4 is 5.91 Å². The first-order valence-electron chi connectivity index (χ1n) is 7.42. The molecule has 1 aromatic carbocycles. The molecule has 0 aromatic heterocycles. The Kier molecular flexibility index (Phi) is 4.03. The van der Waals surface area contributed by atoms with E-state index in [2.05, 4.69) is 36.5 Å². The fourth-order valence-corrected chi connectivity index (χ4v) is 2.57. The van der Waals surface area contributed by atoms with Crippen LogP contribution in [0.1, 0.15) is 24.0 Å². The van der Waals surface area contributed by atoms with Gasteiger partial charge in [0.1, 0.15) is 6.10 Å². The average Bonchev–Trinajstić information content (AvgIpc) is 3.31. The van der Waals surface area contributed by atoms with Gasteiger partial charge in [0.05, 0.1) is 6.61 Å². The largest absolute Gasteiger partial charge is 0.366 e. The number of aryl methyl sites for hydroxylation is 1. The number of nitrogens with one attached hydrogen (secondary N) is 1. The molecule has 1 aliphatic carbocycles. The maximum atomic E-state index is 12.6. The molecule has 108 valence electrons. The Balaban J connectivity index is 1.68. The van der Waals surface area contributed by atoms with Crippen LogP contribution in [0.15, 0.2) is 24.3 Å². The van der Waals surface area contributed by atoms with Gasteiger partial charge < -0.3 is 15.0 Å². The summed E-state index contributed by atoms with van der Waals surface area (Å²) in [5, 5.41) is 3.23. The molecule has 2 aliphatic rings. The number of ether oxygens (including phenoxy) is 1. The van der Waals surface area contributed by atoms with Gasteiger partial charge in [0, 0.05) is 25.7 Å². The summed E-state index contributed by atoms with van der Waals surface area (Å²) < 4.78 is 5.60. The summed E-state index contributed by atoms with van der Waals surface area (Å²) in [6.07, 6.45) is 1.94. The van der Waals surface area contributed by atoms with Gasteiger partial charge in [-0.1, -0.05) is 29.8 Å². The topological polar surface area (TPSA) is 41.6 Å². The van der Waals surface area contributed by atoms with Crippen LogP contribution in [0.2, 0.25) is 0 Å². The van der Waals surface area contributed by atoms with Crippen molar-refractivity contribution in [3.63, 3.8) is 0 Å². The van der Waals surface area contributed by atoms with Crippen molar-refractivity contribution in [1.82, 2.24) is 10.2 Å². The van der Waals surface area contributed by atoms with E-state index in [4.69, 9.17) is 4.74 Å². The summed E-state index contributed by atoms with van der Waals surface area (Å²) in [6, 6.07) is 8.83. The van der Waals surface area contributed by atoms with Crippen molar-refractivity contribution < 1.29 is 9.53 Å². The number of rotatable bonds is 4. The smallest absolute Gasteiger partial charge is 0.253 e. The number of hydrogen-bond donors (Lipinski definition) is 1. The molecule has 3 rings (SSSR count). The zero-order valence-electron chi connectivity index (χ0n) is 12.0. The summed E-state index contributed by atoms with van der Waals surface area (Å²) >= 11 is 0. The molecule has 1 aromatic rings. The molecule has 0 bridgehead atoms. The SMILES string of the molecule is Cc1ccc(CN(C(=O)C2CNCCO2)C2CC2)cc1. The average molecular weight is 274 g/mol. The highest BCUT2D eigenvalue weighted by Gasteiger charge is 2.36. The molecule has 4 nitrogen and oxygen atoms in total. The molecule has 1 saturated heterocycles. The summed E-state index contributed by atoms with van der Waals surface area (Å²) in [5.41, 5.74) is 2.44. The molecule has 1 N–H and O–H groups in total. The van der Waals surface area contributed by atoms with Gasteiger partial charge in [-0.25, -0.2) is 0 Å². The molecule has 1 aliphatic heterocycles. The number of carbonyl (C=O) groups is 1. The third-order valence-electron chi connectivity index (χ3n) is 3.95. The molecule has 0 radical (unpaired) electrons. The van der Waals surface area contributed by atoms with Gasteiger partial charge in [-0.05, 0) is 25.3 Å². The molecular weight excluding hydrogens is 252 g/mol. The van der Waals surface area contributed by atoms with Gasteiger partial charge in [0.2, 0.25) is 0 Å². The number of benzene rings is 1. The molecule has 20 heavy (non-hydrogen) atoms. The van der Waals surface area contributed by atoms with E-state index in [1.54, 1.807) is 0 Å². The highest BCUT2D eigenvalue weighted by Crippen LogP contribution is 2.29. The van der Waals surface area contributed by atoms with Crippen molar-refractivity contribution in [2.24, 2.45) is 0 Å². The van der Waals surface area contributed by atoms with Crippen LogP contribution in [-0.4, -0.2) is 42.6 Å².